The Balaban J connectivity index is 1.40. The Morgan fingerprint density at radius 3 is 2.35 bits per heavy atom. The summed E-state index contributed by atoms with van der Waals surface area (Å²) in [4.78, 5) is 14.5. The molecule has 1 aliphatic carbocycles. The number of piperidine rings is 1. The number of carbonyl (C=O) groups excluding carboxylic acids is 1. The second-order valence-corrected chi connectivity index (χ2v) is 7.81. The maximum atomic E-state index is 12.4. The van der Waals surface area contributed by atoms with Crippen LogP contribution in [0, 0.1) is 5.92 Å². The molecule has 2 saturated heterocycles. The van der Waals surface area contributed by atoms with Crippen molar-refractivity contribution in [3.05, 3.63) is 0 Å². The highest BCUT2D eigenvalue weighted by Gasteiger charge is 2.30. The summed E-state index contributed by atoms with van der Waals surface area (Å²) < 4.78 is 0. The van der Waals surface area contributed by atoms with Gasteiger partial charge in [-0.05, 0) is 44.3 Å². The molecule has 0 aromatic heterocycles. The van der Waals surface area contributed by atoms with E-state index < -0.39 is 0 Å². The van der Waals surface area contributed by atoms with Gasteiger partial charge < -0.3 is 10.2 Å². The van der Waals surface area contributed by atoms with Crippen LogP contribution in [0.1, 0.15) is 51.4 Å². The molecule has 1 unspecified atom stereocenters. The Bertz CT molecular complexity index is 316. The average Bonchev–Trinajstić information content (AvgIpc) is 3.03. The van der Waals surface area contributed by atoms with Crippen LogP contribution in [0.3, 0.4) is 0 Å². The summed E-state index contributed by atoms with van der Waals surface area (Å²) >= 11 is 2.09. The summed E-state index contributed by atoms with van der Waals surface area (Å²) in [5.74, 6) is 3.43. The van der Waals surface area contributed by atoms with Crippen LogP contribution in [0.25, 0.3) is 0 Å². The highest BCUT2D eigenvalue weighted by molar-refractivity contribution is 7.99. The van der Waals surface area contributed by atoms with Crippen molar-refractivity contribution in [2.24, 2.45) is 5.92 Å². The first kappa shape index (κ1) is 14.7. The van der Waals surface area contributed by atoms with E-state index in [9.17, 15) is 4.79 Å². The maximum Gasteiger partial charge on any atom is 0.225 e. The monoisotopic (exact) mass is 296 g/mol. The number of nitrogens with one attached hydrogen (secondary N) is 1. The van der Waals surface area contributed by atoms with E-state index in [0.717, 1.165) is 44.8 Å². The first-order valence-electron chi connectivity index (χ1n) is 8.45. The summed E-state index contributed by atoms with van der Waals surface area (Å²) in [6.07, 6.45) is 9.79. The van der Waals surface area contributed by atoms with Crippen LogP contribution in [0.4, 0.5) is 0 Å². The fourth-order valence-electron chi connectivity index (χ4n) is 3.90. The Morgan fingerprint density at radius 1 is 0.950 bits per heavy atom. The molecule has 1 N–H and O–H groups in total. The zero-order valence-corrected chi connectivity index (χ0v) is 13.3. The van der Waals surface area contributed by atoms with Crippen LogP contribution >= 0.6 is 11.8 Å². The van der Waals surface area contributed by atoms with Crippen LogP contribution in [0.2, 0.25) is 0 Å². The number of likely N-dealkylation sites (tertiary alicyclic amines) is 1. The molecule has 3 fully saturated rings. The minimum atomic E-state index is 0.356. The molecule has 3 nitrogen and oxygen atoms in total. The molecular weight excluding hydrogens is 268 g/mol. The molecule has 114 valence electrons. The number of rotatable bonds is 3. The number of thioether (sulfide) groups is 1. The second kappa shape index (κ2) is 7.17. The molecule has 1 saturated carbocycles. The first-order chi connectivity index (χ1) is 9.83. The highest BCUT2D eigenvalue weighted by Crippen LogP contribution is 2.28. The lowest BCUT2D eigenvalue weighted by atomic mass is 10.00. The van der Waals surface area contributed by atoms with Crippen molar-refractivity contribution in [3.8, 4) is 0 Å². The van der Waals surface area contributed by atoms with Gasteiger partial charge in [0.2, 0.25) is 5.91 Å². The van der Waals surface area contributed by atoms with Gasteiger partial charge in [0.25, 0.3) is 0 Å². The molecule has 0 aromatic rings. The highest BCUT2D eigenvalue weighted by atomic mass is 32.2. The molecular formula is C16H28N2OS. The third-order valence-electron chi connectivity index (χ3n) is 5.14. The Kier molecular flexibility index (Phi) is 5.27. The van der Waals surface area contributed by atoms with E-state index in [1.54, 1.807) is 0 Å². The number of hydrogen-bond donors (Lipinski definition) is 1. The standard InChI is InChI=1S/C16H28N2OS/c19-16(13-4-1-2-5-13)18-9-7-14(8-10-18)17-15-6-3-11-20-12-15/h13-15,17H,1-12H2. The van der Waals surface area contributed by atoms with E-state index in [-0.39, 0.29) is 0 Å². The molecule has 1 amide bonds. The van der Waals surface area contributed by atoms with Crippen molar-refractivity contribution in [2.45, 2.75) is 63.5 Å². The number of amides is 1. The molecule has 1 atom stereocenters. The summed E-state index contributed by atoms with van der Waals surface area (Å²) in [5.41, 5.74) is 0. The quantitative estimate of drug-likeness (QED) is 0.869. The van der Waals surface area contributed by atoms with Gasteiger partial charge in [0.1, 0.15) is 0 Å². The van der Waals surface area contributed by atoms with Crippen LogP contribution in [0.15, 0.2) is 0 Å². The average molecular weight is 296 g/mol. The number of nitrogens with zero attached hydrogens (tertiary/aromatic N) is 1. The minimum Gasteiger partial charge on any atom is -0.342 e. The molecule has 2 heterocycles. The number of carbonyl (C=O) groups is 1. The van der Waals surface area contributed by atoms with Crippen molar-refractivity contribution < 1.29 is 4.79 Å². The van der Waals surface area contributed by atoms with Gasteiger partial charge in [0.05, 0.1) is 0 Å². The van der Waals surface area contributed by atoms with Gasteiger partial charge in [0, 0.05) is 36.8 Å². The van der Waals surface area contributed by atoms with Crippen molar-refractivity contribution in [2.75, 3.05) is 24.6 Å². The largest absolute Gasteiger partial charge is 0.342 e. The number of hydrogen-bond acceptors (Lipinski definition) is 3. The molecule has 20 heavy (non-hydrogen) atoms. The Labute approximate surface area is 127 Å². The van der Waals surface area contributed by atoms with Gasteiger partial charge in [-0.15, -0.1) is 0 Å². The molecule has 0 aromatic carbocycles. The van der Waals surface area contributed by atoms with Gasteiger partial charge in [-0.1, -0.05) is 12.8 Å². The van der Waals surface area contributed by atoms with Crippen LogP contribution in [-0.2, 0) is 4.79 Å². The zero-order chi connectivity index (χ0) is 13.8. The van der Waals surface area contributed by atoms with Crippen molar-refractivity contribution >= 4 is 17.7 Å². The summed E-state index contributed by atoms with van der Waals surface area (Å²) in [6.45, 7) is 1.96. The molecule has 3 aliphatic rings. The summed E-state index contributed by atoms with van der Waals surface area (Å²) in [7, 11) is 0. The van der Waals surface area contributed by atoms with Crippen LogP contribution in [-0.4, -0.2) is 47.5 Å². The lowest BCUT2D eigenvalue weighted by Crippen LogP contribution is -2.49. The van der Waals surface area contributed by atoms with Crippen molar-refractivity contribution in [1.29, 1.82) is 0 Å². The normalized spacial score (nSPS) is 29.8. The van der Waals surface area contributed by atoms with Gasteiger partial charge in [-0.3, -0.25) is 4.79 Å². The third kappa shape index (κ3) is 3.70. The van der Waals surface area contributed by atoms with Gasteiger partial charge >= 0.3 is 0 Å². The fraction of sp³-hybridized carbons (Fsp3) is 0.938. The molecule has 2 aliphatic heterocycles. The van der Waals surface area contributed by atoms with E-state index in [4.69, 9.17) is 0 Å². The SMILES string of the molecule is O=C(C1CCCC1)N1CCC(NC2CCCSC2)CC1. The molecule has 0 spiro atoms. The molecule has 3 rings (SSSR count). The molecule has 0 radical (unpaired) electrons. The predicted octanol–water partition coefficient (Wildman–Crippen LogP) is 2.65. The zero-order valence-electron chi connectivity index (χ0n) is 12.5. The first-order valence-corrected chi connectivity index (χ1v) is 9.61. The third-order valence-corrected chi connectivity index (χ3v) is 6.36. The van der Waals surface area contributed by atoms with Gasteiger partial charge in [-0.2, -0.15) is 11.8 Å². The lowest BCUT2D eigenvalue weighted by molar-refractivity contribution is -0.136. The van der Waals surface area contributed by atoms with E-state index in [1.807, 2.05) is 0 Å². The summed E-state index contributed by atoms with van der Waals surface area (Å²) in [5, 5.41) is 3.83. The maximum absolute atomic E-state index is 12.4. The van der Waals surface area contributed by atoms with E-state index in [1.165, 1.54) is 37.2 Å². The van der Waals surface area contributed by atoms with E-state index >= 15 is 0 Å². The molecule has 0 bridgehead atoms. The topological polar surface area (TPSA) is 32.3 Å². The Morgan fingerprint density at radius 2 is 1.70 bits per heavy atom. The van der Waals surface area contributed by atoms with Gasteiger partial charge in [0.15, 0.2) is 0 Å². The Hall–Kier alpha value is -0.220. The van der Waals surface area contributed by atoms with E-state index in [0.29, 0.717) is 17.9 Å². The summed E-state index contributed by atoms with van der Waals surface area (Å²) in [6, 6.07) is 1.36. The smallest absolute Gasteiger partial charge is 0.225 e. The van der Waals surface area contributed by atoms with Crippen molar-refractivity contribution in [1.82, 2.24) is 10.2 Å². The van der Waals surface area contributed by atoms with Crippen molar-refractivity contribution in [3.63, 3.8) is 0 Å². The predicted molar refractivity (Wildman–Crippen MR) is 85.0 cm³/mol. The lowest BCUT2D eigenvalue weighted by Gasteiger charge is -2.36. The minimum absolute atomic E-state index is 0.356. The molecule has 4 heteroatoms. The second-order valence-electron chi connectivity index (χ2n) is 6.66. The van der Waals surface area contributed by atoms with E-state index in [2.05, 4.69) is 22.0 Å². The van der Waals surface area contributed by atoms with Crippen LogP contribution in [0.5, 0.6) is 0 Å². The van der Waals surface area contributed by atoms with Crippen LogP contribution < -0.4 is 5.32 Å². The van der Waals surface area contributed by atoms with Gasteiger partial charge in [-0.25, -0.2) is 0 Å². The fourth-order valence-corrected chi connectivity index (χ4v) is 4.99.